The van der Waals surface area contributed by atoms with Crippen molar-refractivity contribution >= 4 is 5.91 Å². The lowest BCUT2D eigenvalue weighted by atomic mass is 10.1. The molecule has 0 unspecified atom stereocenters. The van der Waals surface area contributed by atoms with Crippen molar-refractivity contribution in [3.63, 3.8) is 0 Å². The number of amides is 1. The smallest absolute Gasteiger partial charge is 0.255 e. The van der Waals surface area contributed by atoms with Gasteiger partial charge < -0.3 is 14.6 Å². The number of hydrogen-bond acceptors (Lipinski definition) is 6. The zero-order valence-electron chi connectivity index (χ0n) is 18.1. The quantitative estimate of drug-likeness (QED) is 0.407. The average Bonchev–Trinajstić information content (AvgIpc) is 3.43. The standard InChI is InChI=1S/C24H25N5O3/c1-17-26-22(32-28-17)12-7-13-25-24(30)21-16-29(15-18-8-4-3-5-9-18)27-23(21)19-10-6-11-20(14-19)31-2/h3-6,8-11,14,16H,7,12-13,15H2,1-2H3,(H,25,30). The van der Waals surface area contributed by atoms with Crippen LogP contribution in [0.15, 0.2) is 65.3 Å². The first kappa shape index (κ1) is 21.3. The topological polar surface area (TPSA) is 95.1 Å². The van der Waals surface area contributed by atoms with Gasteiger partial charge in [-0.15, -0.1) is 0 Å². The van der Waals surface area contributed by atoms with Crippen LogP contribution in [0.25, 0.3) is 11.3 Å². The maximum absolute atomic E-state index is 13.0. The zero-order chi connectivity index (χ0) is 22.3. The van der Waals surface area contributed by atoms with Crippen LogP contribution in [-0.4, -0.2) is 39.5 Å². The molecule has 0 radical (unpaired) electrons. The Kier molecular flexibility index (Phi) is 6.60. The highest BCUT2D eigenvalue weighted by molar-refractivity contribution is 5.99. The summed E-state index contributed by atoms with van der Waals surface area (Å²) in [6, 6.07) is 17.6. The molecule has 2 heterocycles. The van der Waals surface area contributed by atoms with Crippen molar-refractivity contribution in [2.24, 2.45) is 0 Å². The fourth-order valence-corrected chi connectivity index (χ4v) is 3.40. The summed E-state index contributed by atoms with van der Waals surface area (Å²) in [7, 11) is 1.62. The van der Waals surface area contributed by atoms with Gasteiger partial charge in [0.15, 0.2) is 5.82 Å². The lowest BCUT2D eigenvalue weighted by Crippen LogP contribution is -2.25. The zero-order valence-corrected chi connectivity index (χ0v) is 18.1. The minimum Gasteiger partial charge on any atom is -0.497 e. The summed E-state index contributed by atoms with van der Waals surface area (Å²) < 4.78 is 12.3. The number of aromatic nitrogens is 4. The van der Waals surface area contributed by atoms with Crippen molar-refractivity contribution in [1.29, 1.82) is 0 Å². The van der Waals surface area contributed by atoms with E-state index >= 15 is 0 Å². The van der Waals surface area contributed by atoms with E-state index in [9.17, 15) is 4.79 Å². The van der Waals surface area contributed by atoms with Crippen LogP contribution in [0, 0.1) is 6.92 Å². The molecule has 0 spiro atoms. The molecule has 0 aliphatic carbocycles. The van der Waals surface area contributed by atoms with Crippen molar-refractivity contribution in [2.75, 3.05) is 13.7 Å². The number of benzene rings is 2. The van der Waals surface area contributed by atoms with Gasteiger partial charge in [-0.2, -0.15) is 10.1 Å². The van der Waals surface area contributed by atoms with Crippen LogP contribution in [0.2, 0.25) is 0 Å². The number of methoxy groups -OCH3 is 1. The van der Waals surface area contributed by atoms with Crippen LogP contribution >= 0.6 is 0 Å². The first-order chi connectivity index (χ1) is 15.6. The Morgan fingerprint density at radius 1 is 1.16 bits per heavy atom. The molecule has 4 rings (SSSR count). The van der Waals surface area contributed by atoms with Crippen LogP contribution < -0.4 is 10.1 Å². The molecular weight excluding hydrogens is 406 g/mol. The lowest BCUT2D eigenvalue weighted by Gasteiger charge is -2.06. The minimum atomic E-state index is -0.177. The van der Waals surface area contributed by atoms with E-state index in [1.54, 1.807) is 24.9 Å². The molecule has 4 aromatic rings. The van der Waals surface area contributed by atoms with E-state index in [4.69, 9.17) is 14.4 Å². The third-order valence-electron chi connectivity index (χ3n) is 4.96. The van der Waals surface area contributed by atoms with Gasteiger partial charge in [0, 0.05) is 24.7 Å². The summed E-state index contributed by atoms with van der Waals surface area (Å²) in [6.07, 6.45) is 3.09. The van der Waals surface area contributed by atoms with Gasteiger partial charge in [-0.25, -0.2) is 0 Å². The normalized spacial score (nSPS) is 10.8. The molecule has 0 bridgehead atoms. The summed E-state index contributed by atoms with van der Waals surface area (Å²) in [4.78, 5) is 17.2. The second kappa shape index (κ2) is 9.91. The van der Waals surface area contributed by atoms with Crippen molar-refractivity contribution in [3.05, 3.63) is 83.6 Å². The first-order valence-corrected chi connectivity index (χ1v) is 10.5. The number of nitrogens with one attached hydrogen (secondary N) is 1. The molecule has 32 heavy (non-hydrogen) atoms. The van der Waals surface area contributed by atoms with E-state index in [0.717, 1.165) is 11.1 Å². The molecule has 1 amide bonds. The van der Waals surface area contributed by atoms with E-state index < -0.39 is 0 Å². The Bertz CT molecular complexity index is 1180. The number of carbonyl (C=O) groups is 1. The second-order valence-corrected chi connectivity index (χ2v) is 7.40. The largest absolute Gasteiger partial charge is 0.497 e. The molecule has 0 aliphatic rings. The van der Waals surface area contributed by atoms with Gasteiger partial charge >= 0.3 is 0 Å². The average molecular weight is 431 g/mol. The van der Waals surface area contributed by atoms with Crippen LogP contribution in [0.3, 0.4) is 0 Å². The van der Waals surface area contributed by atoms with E-state index in [1.807, 2.05) is 54.6 Å². The van der Waals surface area contributed by atoms with Gasteiger partial charge in [-0.05, 0) is 31.0 Å². The second-order valence-electron chi connectivity index (χ2n) is 7.40. The summed E-state index contributed by atoms with van der Waals surface area (Å²) in [5.74, 6) is 1.72. The number of nitrogens with zero attached hydrogens (tertiary/aromatic N) is 4. The molecule has 164 valence electrons. The molecular formula is C24H25N5O3. The Hall–Kier alpha value is -3.94. The third-order valence-corrected chi connectivity index (χ3v) is 4.96. The SMILES string of the molecule is COc1cccc(-c2nn(Cc3ccccc3)cc2C(=O)NCCCc2nc(C)no2)c1. The van der Waals surface area contributed by atoms with Gasteiger partial charge in [0.05, 0.1) is 19.2 Å². The Labute approximate surface area is 186 Å². The molecule has 0 saturated heterocycles. The minimum absolute atomic E-state index is 0.177. The number of rotatable bonds is 9. The van der Waals surface area contributed by atoms with E-state index in [2.05, 4.69) is 15.5 Å². The highest BCUT2D eigenvalue weighted by atomic mass is 16.5. The van der Waals surface area contributed by atoms with Gasteiger partial charge in [-0.3, -0.25) is 9.48 Å². The molecule has 8 nitrogen and oxygen atoms in total. The molecule has 0 fully saturated rings. The number of aryl methyl sites for hydroxylation is 2. The van der Waals surface area contributed by atoms with Crippen LogP contribution in [-0.2, 0) is 13.0 Å². The van der Waals surface area contributed by atoms with Crippen LogP contribution in [0.1, 0.15) is 34.1 Å². The van der Waals surface area contributed by atoms with Gasteiger partial charge in [0.1, 0.15) is 11.4 Å². The predicted molar refractivity (Wildman–Crippen MR) is 119 cm³/mol. The Morgan fingerprint density at radius 2 is 2.00 bits per heavy atom. The molecule has 1 N–H and O–H groups in total. The molecule has 0 atom stereocenters. The van der Waals surface area contributed by atoms with Gasteiger partial charge in [0.25, 0.3) is 5.91 Å². The highest BCUT2D eigenvalue weighted by Gasteiger charge is 2.18. The summed E-state index contributed by atoms with van der Waals surface area (Å²) >= 11 is 0. The summed E-state index contributed by atoms with van der Waals surface area (Å²) in [5, 5.41) is 11.5. The van der Waals surface area contributed by atoms with Crippen molar-refractivity contribution in [2.45, 2.75) is 26.3 Å². The molecule has 0 aliphatic heterocycles. The summed E-state index contributed by atoms with van der Waals surface area (Å²) in [5.41, 5.74) is 3.06. The molecule has 2 aromatic carbocycles. The van der Waals surface area contributed by atoms with Crippen molar-refractivity contribution in [3.8, 4) is 17.0 Å². The van der Waals surface area contributed by atoms with E-state index in [-0.39, 0.29) is 5.91 Å². The molecule has 8 heteroatoms. The molecule has 0 saturated carbocycles. The number of hydrogen-bond donors (Lipinski definition) is 1. The first-order valence-electron chi connectivity index (χ1n) is 10.5. The monoisotopic (exact) mass is 431 g/mol. The summed E-state index contributed by atoms with van der Waals surface area (Å²) in [6.45, 7) is 2.84. The van der Waals surface area contributed by atoms with Gasteiger partial charge in [0.2, 0.25) is 5.89 Å². The van der Waals surface area contributed by atoms with Crippen LogP contribution in [0.5, 0.6) is 5.75 Å². The Balaban J connectivity index is 1.52. The third kappa shape index (κ3) is 5.21. The van der Waals surface area contributed by atoms with E-state index in [1.165, 1.54) is 0 Å². The fourth-order valence-electron chi connectivity index (χ4n) is 3.40. The maximum atomic E-state index is 13.0. The number of ether oxygens (including phenoxy) is 1. The van der Waals surface area contributed by atoms with Crippen molar-refractivity contribution in [1.82, 2.24) is 25.2 Å². The predicted octanol–water partition coefficient (Wildman–Crippen LogP) is 3.66. The van der Waals surface area contributed by atoms with Gasteiger partial charge in [-0.1, -0.05) is 47.6 Å². The Morgan fingerprint density at radius 3 is 2.75 bits per heavy atom. The molecule has 2 aromatic heterocycles. The van der Waals surface area contributed by atoms with Crippen LogP contribution in [0.4, 0.5) is 0 Å². The number of carbonyl (C=O) groups excluding carboxylic acids is 1. The fraction of sp³-hybridized carbons (Fsp3) is 0.250. The van der Waals surface area contributed by atoms with Crippen molar-refractivity contribution < 1.29 is 14.1 Å². The lowest BCUT2D eigenvalue weighted by molar-refractivity contribution is 0.0953. The van der Waals surface area contributed by atoms with E-state index in [0.29, 0.717) is 54.7 Å². The maximum Gasteiger partial charge on any atom is 0.255 e. The highest BCUT2D eigenvalue weighted by Crippen LogP contribution is 2.26.